The first-order valence-electron chi connectivity index (χ1n) is 7.95. The van der Waals surface area contributed by atoms with Gasteiger partial charge in [-0.05, 0) is 44.5 Å². The minimum absolute atomic E-state index is 0.448. The second-order valence-electron chi connectivity index (χ2n) is 5.81. The fourth-order valence-corrected chi connectivity index (χ4v) is 4.34. The molecular formula is C17H20N4S. The number of hydrogen-bond acceptors (Lipinski definition) is 4. The van der Waals surface area contributed by atoms with Crippen molar-refractivity contribution >= 4 is 21.6 Å². The zero-order valence-corrected chi connectivity index (χ0v) is 13.6. The van der Waals surface area contributed by atoms with Crippen molar-refractivity contribution in [3.63, 3.8) is 0 Å². The largest absolute Gasteiger partial charge is 0.288 e. The summed E-state index contributed by atoms with van der Waals surface area (Å²) in [7, 11) is 0. The third-order valence-corrected chi connectivity index (χ3v) is 5.48. The minimum Gasteiger partial charge on any atom is -0.288 e. The molecule has 3 heterocycles. The smallest absolute Gasteiger partial charge is 0.111 e. The van der Waals surface area contributed by atoms with Gasteiger partial charge < -0.3 is 0 Å². The Morgan fingerprint density at radius 1 is 1.27 bits per heavy atom. The highest BCUT2D eigenvalue weighted by molar-refractivity contribution is 7.18. The zero-order valence-electron chi connectivity index (χ0n) is 12.8. The number of benzene rings is 1. The van der Waals surface area contributed by atoms with E-state index in [0.717, 1.165) is 30.8 Å². The summed E-state index contributed by atoms with van der Waals surface area (Å²) in [5.41, 5.74) is 2.29. The van der Waals surface area contributed by atoms with Crippen LogP contribution in [0, 0.1) is 0 Å². The molecule has 22 heavy (non-hydrogen) atoms. The Kier molecular flexibility index (Phi) is 3.68. The summed E-state index contributed by atoms with van der Waals surface area (Å²) in [6.45, 7) is 5.12. The number of likely N-dealkylation sites (tertiary alicyclic amines) is 1. The van der Waals surface area contributed by atoms with Crippen LogP contribution in [0.25, 0.3) is 10.2 Å². The van der Waals surface area contributed by atoms with Crippen molar-refractivity contribution < 1.29 is 0 Å². The predicted molar refractivity (Wildman–Crippen MR) is 89.9 cm³/mol. The molecule has 4 nitrogen and oxygen atoms in total. The highest BCUT2D eigenvalue weighted by Crippen LogP contribution is 2.37. The SMILES string of the molecule is CCn1ccc(CN2CCCC2c2nc3ccccc3s2)n1. The van der Waals surface area contributed by atoms with Gasteiger partial charge in [0.2, 0.25) is 0 Å². The molecule has 0 spiro atoms. The minimum atomic E-state index is 0.448. The molecule has 1 atom stereocenters. The monoisotopic (exact) mass is 312 g/mol. The molecule has 114 valence electrons. The summed E-state index contributed by atoms with van der Waals surface area (Å²) in [5.74, 6) is 0. The van der Waals surface area contributed by atoms with E-state index in [-0.39, 0.29) is 0 Å². The molecule has 4 rings (SSSR count). The normalized spacial score (nSPS) is 19.2. The van der Waals surface area contributed by atoms with Gasteiger partial charge in [0.1, 0.15) is 5.01 Å². The van der Waals surface area contributed by atoms with E-state index in [4.69, 9.17) is 4.98 Å². The number of hydrogen-bond donors (Lipinski definition) is 0. The van der Waals surface area contributed by atoms with E-state index in [1.807, 2.05) is 16.0 Å². The maximum Gasteiger partial charge on any atom is 0.111 e. The van der Waals surface area contributed by atoms with Crippen molar-refractivity contribution in [3.8, 4) is 0 Å². The summed E-state index contributed by atoms with van der Waals surface area (Å²) in [5, 5.41) is 5.88. The first-order valence-corrected chi connectivity index (χ1v) is 8.77. The molecule has 1 fully saturated rings. The first kappa shape index (κ1) is 13.9. The van der Waals surface area contributed by atoms with Crippen molar-refractivity contribution in [2.75, 3.05) is 6.54 Å². The van der Waals surface area contributed by atoms with Crippen molar-refractivity contribution in [2.24, 2.45) is 0 Å². The fraction of sp³-hybridized carbons (Fsp3) is 0.412. The van der Waals surface area contributed by atoms with Crippen LogP contribution in [0.4, 0.5) is 0 Å². The number of aromatic nitrogens is 3. The summed E-state index contributed by atoms with van der Waals surface area (Å²) in [6.07, 6.45) is 4.52. The first-order chi connectivity index (χ1) is 10.8. The van der Waals surface area contributed by atoms with Crippen LogP contribution in [0.1, 0.15) is 36.5 Å². The van der Waals surface area contributed by atoms with E-state index < -0.39 is 0 Å². The molecule has 0 radical (unpaired) electrons. The Morgan fingerprint density at radius 3 is 3.00 bits per heavy atom. The summed E-state index contributed by atoms with van der Waals surface area (Å²) in [6, 6.07) is 11.0. The number of rotatable bonds is 4. The predicted octanol–water partition coefficient (Wildman–Crippen LogP) is 3.85. The van der Waals surface area contributed by atoms with Crippen molar-refractivity contribution in [2.45, 2.75) is 38.9 Å². The Labute approximate surface area is 134 Å². The number of thiazole rings is 1. The molecule has 1 aliphatic heterocycles. The van der Waals surface area contributed by atoms with Gasteiger partial charge in [0.05, 0.1) is 22.0 Å². The molecule has 1 unspecified atom stereocenters. The number of para-hydroxylation sites is 1. The van der Waals surface area contributed by atoms with Gasteiger partial charge in [-0.15, -0.1) is 11.3 Å². The van der Waals surface area contributed by atoms with Crippen molar-refractivity contribution in [3.05, 3.63) is 47.2 Å². The third kappa shape index (κ3) is 2.55. The highest BCUT2D eigenvalue weighted by atomic mass is 32.1. The van der Waals surface area contributed by atoms with Crippen LogP contribution in [0.5, 0.6) is 0 Å². The van der Waals surface area contributed by atoms with Gasteiger partial charge in [-0.25, -0.2) is 4.98 Å². The van der Waals surface area contributed by atoms with Crippen LogP contribution in [-0.4, -0.2) is 26.2 Å². The molecule has 1 saturated heterocycles. The molecule has 1 aliphatic rings. The third-order valence-electron chi connectivity index (χ3n) is 4.34. The number of nitrogens with zero attached hydrogens (tertiary/aromatic N) is 4. The molecular weight excluding hydrogens is 292 g/mol. The lowest BCUT2D eigenvalue weighted by atomic mass is 10.2. The van der Waals surface area contributed by atoms with Crippen molar-refractivity contribution in [1.29, 1.82) is 0 Å². The summed E-state index contributed by atoms with van der Waals surface area (Å²) < 4.78 is 3.29. The van der Waals surface area contributed by atoms with Gasteiger partial charge in [0.25, 0.3) is 0 Å². The second kappa shape index (κ2) is 5.82. The van der Waals surface area contributed by atoms with Crippen LogP contribution in [0.3, 0.4) is 0 Å². The highest BCUT2D eigenvalue weighted by Gasteiger charge is 2.29. The lowest BCUT2D eigenvalue weighted by molar-refractivity contribution is 0.244. The molecule has 3 aromatic rings. The molecule has 0 aliphatic carbocycles. The van der Waals surface area contributed by atoms with Gasteiger partial charge in [-0.3, -0.25) is 9.58 Å². The maximum atomic E-state index is 4.86. The van der Waals surface area contributed by atoms with Crippen LogP contribution < -0.4 is 0 Å². The number of aryl methyl sites for hydroxylation is 1. The lowest BCUT2D eigenvalue weighted by Crippen LogP contribution is -2.23. The van der Waals surface area contributed by atoms with Gasteiger partial charge in [-0.1, -0.05) is 12.1 Å². The fourth-order valence-electron chi connectivity index (χ4n) is 3.20. The number of fused-ring (bicyclic) bond motifs is 1. The van der Waals surface area contributed by atoms with Gasteiger partial charge in [0.15, 0.2) is 0 Å². The Balaban J connectivity index is 1.57. The molecule has 0 N–H and O–H groups in total. The van der Waals surface area contributed by atoms with E-state index in [1.54, 1.807) is 0 Å². The average molecular weight is 312 g/mol. The van der Waals surface area contributed by atoms with E-state index in [1.165, 1.54) is 22.5 Å². The van der Waals surface area contributed by atoms with Crippen LogP contribution in [0.2, 0.25) is 0 Å². The topological polar surface area (TPSA) is 34.0 Å². The zero-order chi connectivity index (χ0) is 14.9. The molecule has 0 saturated carbocycles. The Hall–Kier alpha value is -1.72. The summed E-state index contributed by atoms with van der Waals surface area (Å²) >= 11 is 1.84. The van der Waals surface area contributed by atoms with E-state index >= 15 is 0 Å². The van der Waals surface area contributed by atoms with E-state index in [9.17, 15) is 0 Å². The summed E-state index contributed by atoms with van der Waals surface area (Å²) in [4.78, 5) is 7.39. The van der Waals surface area contributed by atoms with Gasteiger partial charge in [-0.2, -0.15) is 5.10 Å². The van der Waals surface area contributed by atoms with Gasteiger partial charge >= 0.3 is 0 Å². The molecule has 2 aromatic heterocycles. The molecule has 0 amide bonds. The quantitative estimate of drug-likeness (QED) is 0.734. The van der Waals surface area contributed by atoms with Crippen LogP contribution in [0.15, 0.2) is 36.5 Å². The van der Waals surface area contributed by atoms with E-state index in [0.29, 0.717) is 6.04 Å². The molecule has 0 bridgehead atoms. The van der Waals surface area contributed by atoms with Crippen LogP contribution >= 0.6 is 11.3 Å². The van der Waals surface area contributed by atoms with Crippen molar-refractivity contribution in [1.82, 2.24) is 19.7 Å². The Morgan fingerprint density at radius 2 is 2.18 bits per heavy atom. The molecule has 5 heteroatoms. The molecule has 1 aromatic carbocycles. The second-order valence-corrected chi connectivity index (χ2v) is 6.87. The maximum absolute atomic E-state index is 4.86. The average Bonchev–Trinajstić information content (AvgIpc) is 3.25. The van der Waals surface area contributed by atoms with Crippen LogP contribution in [-0.2, 0) is 13.1 Å². The standard InChI is InChI=1S/C17H20N4S/c1-2-21-11-9-13(19-21)12-20-10-5-7-15(20)17-18-14-6-3-4-8-16(14)22-17/h3-4,6,8-9,11,15H,2,5,7,10,12H2,1H3. The lowest BCUT2D eigenvalue weighted by Gasteiger charge is -2.21. The Bertz CT molecular complexity index is 743. The van der Waals surface area contributed by atoms with E-state index in [2.05, 4.69) is 53.5 Å². The van der Waals surface area contributed by atoms with Gasteiger partial charge in [0, 0.05) is 19.3 Å².